The van der Waals surface area contributed by atoms with E-state index in [1.807, 2.05) is 12.1 Å². The predicted octanol–water partition coefficient (Wildman–Crippen LogP) is 6.39. The highest BCUT2D eigenvalue weighted by atomic mass is 35.5. The smallest absolute Gasteiger partial charge is 0.294 e. The van der Waals surface area contributed by atoms with Crippen molar-refractivity contribution in [1.82, 2.24) is 4.90 Å². The maximum Gasteiger partial charge on any atom is 0.294 e. The van der Waals surface area contributed by atoms with Crippen molar-refractivity contribution >= 4 is 69.5 Å². The third-order valence-corrected chi connectivity index (χ3v) is 7.83. The Bertz CT molecular complexity index is 1210. The SMILES string of the molecule is CC1CC(C)(C)N(C)c2cc(Cl)c(/C=C3\SC(=O)N(CC(=O)Nc4ccc(Cl)cc4)C3=O)cc21. The van der Waals surface area contributed by atoms with Crippen LogP contribution in [0.3, 0.4) is 0 Å². The Morgan fingerprint density at radius 1 is 1.21 bits per heavy atom. The van der Waals surface area contributed by atoms with Gasteiger partial charge in [0.15, 0.2) is 0 Å². The Kier molecular flexibility index (Phi) is 6.73. The molecule has 0 saturated carbocycles. The van der Waals surface area contributed by atoms with Crippen molar-refractivity contribution in [2.45, 2.75) is 38.6 Å². The highest BCUT2D eigenvalue weighted by molar-refractivity contribution is 8.18. The largest absolute Gasteiger partial charge is 0.369 e. The van der Waals surface area contributed by atoms with E-state index in [4.69, 9.17) is 23.2 Å². The minimum absolute atomic E-state index is 0.00645. The molecule has 2 heterocycles. The molecule has 2 aromatic carbocycles. The Balaban J connectivity index is 1.54. The second kappa shape index (κ2) is 9.29. The Labute approximate surface area is 213 Å². The minimum atomic E-state index is -0.513. The average molecular weight is 518 g/mol. The molecule has 1 fully saturated rings. The van der Waals surface area contributed by atoms with Crippen LogP contribution in [0.4, 0.5) is 16.2 Å². The van der Waals surface area contributed by atoms with Gasteiger partial charge in [-0.1, -0.05) is 30.1 Å². The van der Waals surface area contributed by atoms with Crippen LogP contribution in [0, 0.1) is 0 Å². The fraction of sp³-hybridized carbons (Fsp3) is 0.320. The van der Waals surface area contributed by atoms with Crippen molar-refractivity contribution in [2.75, 3.05) is 23.8 Å². The Morgan fingerprint density at radius 2 is 1.88 bits per heavy atom. The molecular formula is C25H25Cl2N3O3S. The second-order valence-corrected chi connectivity index (χ2v) is 11.1. The number of hydrogen-bond donors (Lipinski definition) is 1. The molecule has 1 N–H and O–H groups in total. The lowest BCUT2D eigenvalue weighted by molar-refractivity contribution is -0.127. The van der Waals surface area contributed by atoms with Crippen molar-refractivity contribution < 1.29 is 14.4 Å². The molecule has 1 atom stereocenters. The number of nitrogens with zero attached hydrogens (tertiary/aromatic N) is 2. The summed E-state index contributed by atoms with van der Waals surface area (Å²) in [5.74, 6) is -0.671. The highest BCUT2D eigenvalue weighted by Gasteiger charge is 2.37. The molecule has 1 saturated heterocycles. The quantitative estimate of drug-likeness (QED) is 0.475. The number of rotatable bonds is 4. The first kappa shape index (κ1) is 24.6. The summed E-state index contributed by atoms with van der Waals surface area (Å²) in [5.41, 5.74) is 3.43. The standard InChI is InChI=1S/C25H25Cl2N3O3S/c1-14-12-25(2,3)29(4)20-11-19(27)15(9-18(14)20)10-21-23(32)30(24(33)34-21)13-22(31)28-17-7-5-16(26)6-8-17/h5-11,14H,12-13H2,1-4H3,(H,28,31)/b21-10-. The van der Waals surface area contributed by atoms with Crippen LogP contribution in [0.5, 0.6) is 0 Å². The molecule has 34 heavy (non-hydrogen) atoms. The summed E-state index contributed by atoms with van der Waals surface area (Å²) < 4.78 is 0. The lowest BCUT2D eigenvalue weighted by Crippen LogP contribution is -2.45. The molecule has 4 rings (SSSR count). The van der Waals surface area contributed by atoms with E-state index in [1.165, 1.54) is 0 Å². The number of halogens is 2. The van der Waals surface area contributed by atoms with Gasteiger partial charge < -0.3 is 10.2 Å². The second-order valence-electron chi connectivity index (χ2n) is 9.23. The van der Waals surface area contributed by atoms with Gasteiger partial charge in [-0.3, -0.25) is 19.3 Å². The van der Waals surface area contributed by atoms with Crippen molar-refractivity contribution in [1.29, 1.82) is 0 Å². The molecule has 178 valence electrons. The average Bonchev–Trinajstić information content (AvgIpc) is 3.02. The fourth-order valence-electron chi connectivity index (χ4n) is 4.37. The van der Waals surface area contributed by atoms with Gasteiger partial charge in [-0.15, -0.1) is 0 Å². The number of benzene rings is 2. The van der Waals surface area contributed by atoms with Crippen LogP contribution in [0.2, 0.25) is 10.0 Å². The summed E-state index contributed by atoms with van der Waals surface area (Å²) in [6.45, 7) is 6.21. The summed E-state index contributed by atoms with van der Waals surface area (Å²) in [4.78, 5) is 41.2. The van der Waals surface area contributed by atoms with E-state index in [0.717, 1.165) is 34.3 Å². The van der Waals surface area contributed by atoms with Crippen molar-refractivity contribution in [3.05, 3.63) is 62.5 Å². The van der Waals surface area contributed by atoms with Gasteiger partial charge in [0, 0.05) is 34.0 Å². The number of nitrogens with one attached hydrogen (secondary N) is 1. The van der Waals surface area contributed by atoms with Crippen molar-refractivity contribution in [3.63, 3.8) is 0 Å². The molecule has 1 unspecified atom stereocenters. The fourth-order valence-corrected chi connectivity index (χ4v) is 5.54. The maximum absolute atomic E-state index is 12.9. The zero-order valence-corrected chi connectivity index (χ0v) is 21.6. The Morgan fingerprint density at radius 3 is 2.56 bits per heavy atom. The van der Waals surface area contributed by atoms with E-state index in [0.29, 0.717) is 27.2 Å². The number of carbonyl (C=O) groups is 3. The summed E-state index contributed by atoms with van der Waals surface area (Å²) in [7, 11) is 2.06. The predicted molar refractivity (Wildman–Crippen MR) is 140 cm³/mol. The molecule has 0 bridgehead atoms. The molecule has 2 aliphatic rings. The van der Waals surface area contributed by atoms with Crippen LogP contribution in [0.1, 0.15) is 44.2 Å². The Hall–Kier alpha value is -2.48. The molecule has 2 aromatic rings. The number of anilines is 2. The number of amides is 3. The van der Waals surface area contributed by atoms with Crippen LogP contribution >= 0.6 is 35.0 Å². The third kappa shape index (κ3) is 4.83. The van der Waals surface area contributed by atoms with Gasteiger partial charge in [-0.05, 0) is 91.5 Å². The van der Waals surface area contributed by atoms with E-state index in [9.17, 15) is 14.4 Å². The number of fused-ring (bicyclic) bond motifs is 1. The topological polar surface area (TPSA) is 69.7 Å². The van der Waals surface area contributed by atoms with Gasteiger partial charge in [0.1, 0.15) is 6.54 Å². The molecule has 0 aliphatic carbocycles. The number of hydrogen-bond acceptors (Lipinski definition) is 5. The zero-order chi connectivity index (χ0) is 24.8. The van der Waals surface area contributed by atoms with Gasteiger partial charge in [-0.25, -0.2) is 0 Å². The maximum atomic E-state index is 12.9. The third-order valence-electron chi connectivity index (χ3n) is 6.34. The zero-order valence-electron chi connectivity index (χ0n) is 19.3. The van der Waals surface area contributed by atoms with E-state index in [1.54, 1.807) is 30.3 Å². The van der Waals surface area contributed by atoms with Crippen LogP contribution in [0.25, 0.3) is 6.08 Å². The molecular weight excluding hydrogens is 493 g/mol. The number of carbonyl (C=O) groups excluding carboxylic acids is 3. The normalized spacial score (nSPS) is 20.6. The van der Waals surface area contributed by atoms with E-state index < -0.39 is 17.1 Å². The van der Waals surface area contributed by atoms with Crippen LogP contribution in [0.15, 0.2) is 41.3 Å². The summed E-state index contributed by atoms with van der Waals surface area (Å²) in [6, 6.07) is 10.5. The highest BCUT2D eigenvalue weighted by Crippen LogP contribution is 2.45. The molecule has 0 radical (unpaired) electrons. The van der Waals surface area contributed by atoms with Crippen LogP contribution < -0.4 is 10.2 Å². The van der Waals surface area contributed by atoms with E-state index >= 15 is 0 Å². The van der Waals surface area contributed by atoms with Gasteiger partial charge in [0.25, 0.3) is 11.1 Å². The van der Waals surface area contributed by atoms with Gasteiger partial charge in [-0.2, -0.15) is 0 Å². The van der Waals surface area contributed by atoms with Crippen molar-refractivity contribution in [2.24, 2.45) is 0 Å². The number of imide groups is 1. The summed E-state index contributed by atoms with van der Waals surface area (Å²) in [5, 5.41) is 3.21. The van der Waals surface area contributed by atoms with Gasteiger partial charge in [0.2, 0.25) is 5.91 Å². The van der Waals surface area contributed by atoms with Crippen molar-refractivity contribution in [3.8, 4) is 0 Å². The first-order valence-electron chi connectivity index (χ1n) is 10.8. The van der Waals surface area contributed by atoms with Gasteiger partial charge >= 0.3 is 0 Å². The van der Waals surface area contributed by atoms with Gasteiger partial charge in [0.05, 0.1) is 4.91 Å². The van der Waals surface area contributed by atoms with Crippen LogP contribution in [-0.2, 0) is 9.59 Å². The first-order chi connectivity index (χ1) is 16.0. The van der Waals surface area contributed by atoms with E-state index in [-0.39, 0.29) is 17.0 Å². The molecule has 2 aliphatic heterocycles. The molecule has 3 amide bonds. The van der Waals surface area contributed by atoms with E-state index in [2.05, 4.69) is 38.0 Å². The molecule has 9 heteroatoms. The minimum Gasteiger partial charge on any atom is -0.369 e. The number of thioether (sulfide) groups is 1. The molecule has 0 spiro atoms. The molecule has 0 aromatic heterocycles. The summed E-state index contributed by atoms with van der Waals surface area (Å²) in [6.07, 6.45) is 2.62. The first-order valence-corrected chi connectivity index (χ1v) is 12.4. The summed E-state index contributed by atoms with van der Waals surface area (Å²) >= 11 is 13.2. The monoisotopic (exact) mass is 517 g/mol. The lowest BCUT2D eigenvalue weighted by atomic mass is 9.80. The molecule has 6 nitrogen and oxygen atoms in total. The van der Waals surface area contributed by atoms with Crippen LogP contribution in [-0.4, -0.2) is 41.1 Å². The lowest BCUT2D eigenvalue weighted by Gasteiger charge is -2.45.